The lowest BCUT2D eigenvalue weighted by atomic mass is 10.1. The Balaban J connectivity index is 2.27. The minimum absolute atomic E-state index is 0.0517. The molecule has 0 N–H and O–H groups in total. The summed E-state index contributed by atoms with van der Waals surface area (Å²) >= 11 is 0. The van der Waals surface area contributed by atoms with E-state index in [-0.39, 0.29) is 5.91 Å². The van der Waals surface area contributed by atoms with Crippen LogP contribution in [-0.4, -0.2) is 37.8 Å². The summed E-state index contributed by atoms with van der Waals surface area (Å²) in [6.07, 6.45) is 1.81. The number of rotatable bonds is 2. The fraction of sp³-hybridized carbons (Fsp3) is 0.286. The van der Waals surface area contributed by atoms with Crippen LogP contribution in [-0.2, 0) is 4.79 Å². The molecule has 4 nitrogen and oxygen atoms in total. The predicted octanol–water partition coefficient (Wildman–Crippen LogP) is 1.98. The van der Waals surface area contributed by atoms with Crippen LogP contribution in [0, 0.1) is 0 Å². The first-order chi connectivity index (χ1) is 8.49. The van der Waals surface area contributed by atoms with Crippen molar-refractivity contribution < 1.29 is 4.79 Å². The Labute approximate surface area is 107 Å². The smallest absolute Gasteiger partial charge is 0.277 e. The van der Waals surface area contributed by atoms with Gasteiger partial charge in [0.1, 0.15) is 11.5 Å². The number of amidine groups is 1. The number of aliphatic imine (C=N–C) groups is 1. The normalized spacial score (nSPS) is 17.3. The lowest BCUT2D eigenvalue weighted by Crippen LogP contribution is -2.25. The highest BCUT2D eigenvalue weighted by Gasteiger charge is 2.23. The summed E-state index contributed by atoms with van der Waals surface area (Å²) in [5, 5.41) is 0. The molecule has 94 valence electrons. The molecule has 0 unspecified atom stereocenters. The quantitative estimate of drug-likeness (QED) is 0.745. The van der Waals surface area contributed by atoms with E-state index in [4.69, 9.17) is 0 Å². The zero-order valence-corrected chi connectivity index (χ0v) is 11.1. The van der Waals surface area contributed by atoms with Crippen LogP contribution in [0.15, 0.2) is 35.0 Å². The van der Waals surface area contributed by atoms with Crippen molar-refractivity contribution in [1.82, 2.24) is 4.90 Å². The van der Waals surface area contributed by atoms with Crippen LogP contribution < -0.4 is 4.90 Å². The van der Waals surface area contributed by atoms with Gasteiger partial charge in [0.2, 0.25) is 0 Å². The van der Waals surface area contributed by atoms with Crippen LogP contribution in [0.5, 0.6) is 0 Å². The molecule has 0 atom stereocenters. The van der Waals surface area contributed by atoms with E-state index in [1.54, 1.807) is 11.9 Å². The standard InChI is InChI=1S/C14H17N3O/c1-10-15-13(14(18)17(10)4)9-11-5-7-12(8-6-11)16(2)3/h5-9H,1-4H3/b13-9-. The number of likely N-dealkylation sites (N-methyl/N-ethyl adjacent to an activating group) is 1. The molecule has 0 saturated heterocycles. The Kier molecular flexibility index (Phi) is 3.19. The monoisotopic (exact) mass is 243 g/mol. The fourth-order valence-corrected chi connectivity index (χ4v) is 1.74. The summed E-state index contributed by atoms with van der Waals surface area (Å²) in [7, 11) is 5.73. The molecule has 0 bridgehead atoms. The van der Waals surface area contributed by atoms with Crippen molar-refractivity contribution in [2.75, 3.05) is 26.0 Å². The van der Waals surface area contributed by atoms with E-state index in [0.29, 0.717) is 5.70 Å². The lowest BCUT2D eigenvalue weighted by molar-refractivity contribution is -0.121. The Bertz CT molecular complexity index is 526. The molecule has 1 aromatic rings. The van der Waals surface area contributed by atoms with Gasteiger partial charge in [-0.3, -0.25) is 9.69 Å². The number of amides is 1. The molecule has 0 aliphatic carbocycles. The van der Waals surface area contributed by atoms with Crippen LogP contribution in [0.1, 0.15) is 12.5 Å². The second kappa shape index (κ2) is 4.64. The van der Waals surface area contributed by atoms with E-state index in [9.17, 15) is 4.79 Å². The zero-order valence-electron chi connectivity index (χ0n) is 11.1. The van der Waals surface area contributed by atoms with Crippen molar-refractivity contribution in [2.45, 2.75) is 6.92 Å². The van der Waals surface area contributed by atoms with Gasteiger partial charge in [-0.25, -0.2) is 4.99 Å². The minimum atomic E-state index is -0.0517. The molecule has 1 heterocycles. The molecular formula is C14H17N3O. The van der Waals surface area contributed by atoms with Crippen molar-refractivity contribution in [2.24, 2.45) is 4.99 Å². The molecule has 0 aromatic heterocycles. The van der Waals surface area contributed by atoms with Crippen LogP contribution in [0.3, 0.4) is 0 Å². The van der Waals surface area contributed by atoms with E-state index in [1.165, 1.54) is 0 Å². The summed E-state index contributed by atoms with van der Waals surface area (Å²) in [4.78, 5) is 19.7. The molecule has 4 heteroatoms. The van der Waals surface area contributed by atoms with Gasteiger partial charge in [-0.2, -0.15) is 0 Å². The van der Waals surface area contributed by atoms with Crippen LogP contribution in [0.25, 0.3) is 6.08 Å². The number of benzene rings is 1. The SMILES string of the molecule is CC1=N/C(=C\c2ccc(N(C)C)cc2)C(=O)N1C. The van der Waals surface area contributed by atoms with Gasteiger partial charge in [0.15, 0.2) is 0 Å². The molecule has 0 saturated carbocycles. The molecular weight excluding hydrogens is 226 g/mol. The fourth-order valence-electron chi connectivity index (χ4n) is 1.74. The van der Waals surface area contributed by atoms with Crippen molar-refractivity contribution in [3.8, 4) is 0 Å². The molecule has 18 heavy (non-hydrogen) atoms. The maximum Gasteiger partial charge on any atom is 0.277 e. The number of hydrogen-bond donors (Lipinski definition) is 0. The van der Waals surface area contributed by atoms with E-state index in [2.05, 4.69) is 4.99 Å². The molecule has 1 aliphatic heterocycles. The lowest BCUT2D eigenvalue weighted by Gasteiger charge is -2.11. The number of carbonyl (C=O) groups is 1. The van der Waals surface area contributed by atoms with E-state index in [1.807, 2.05) is 56.3 Å². The number of hydrogen-bond acceptors (Lipinski definition) is 3. The van der Waals surface area contributed by atoms with Gasteiger partial charge in [0, 0.05) is 26.8 Å². The third-order valence-electron chi connectivity index (χ3n) is 3.00. The Morgan fingerprint density at radius 3 is 2.28 bits per heavy atom. The van der Waals surface area contributed by atoms with Gasteiger partial charge in [-0.15, -0.1) is 0 Å². The summed E-state index contributed by atoms with van der Waals surface area (Å²) in [6.45, 7) is 1.83. The summed E-state index contributed by atoms with van der Waals surface area (Å²) in [5.74, 6) is 0.681. The van der Waals surface area contributed by atoms with Gasteiger partial charge in [-0.1, -0.05) is 12.1 Å². The highest BCUT2D eigenvalue weighted by atomic mass is 16.2. The van der Waals surface area contributed by atoms with E-state index in [0.717, 1.165) is 17.1 Å². The van der Waals surface area contributed by atoms with Crippen molar-refractivity contribution in [3.63, 3.8) is 0 Å². The highest BCUT2D eigenvalue weighted by Crippen LogP contribution is 2.18. The summed E-state index contributed by atoms with van der Waals surface area (Å²) in [5.41, 5.74) is 2.61. The first-order valence-electron chi connectivity index (χ1n) is 5.81. The molecule has 0 spiro atoms. The van der Waals surface area contributed by atoms with Crippen molar-refractivity contribution in [3.05, 3.63) is 35.5 Å². The van der Waals surface area contributed by atoms with Crippen molar-refractivity contribution in [1.29, 1.82) is 0 Å². The molecule has 2 rings (SSSR count). The van der Waals surface area contributed by atoms with Crippen molar-refractivity contribution >= 4 is 23.5 Å². The highest BCUT2D eigenvalue weighted by molar-refractivity contribution is 6.13. The number of carbonyl (C=O) groups excluding carboxylic acids is 1. The summed E-state index contributed by atoms with van der Waals surface area (Å²) < 4.78 is 0. The molecule has 0 radical (unpaired) electrons. The van der Waals surface area contributed by atoms with Gasteiger partial charge in [0.05, 0.1) is 0 Å². The second-order valence-corrected chi connectivity index (χ2v) is 4.54. The maximum absolute atomic E-state index is 11.8. The Morgan fingerprint density at radius 2 is 1.83 bits per heavy atom. The van der Waals surface area contributed by atoms with Crippen LogP contribution >= 0.6 is 0 Å². The summed E-state index contributed by atoms with van der Waals surface area (Å²) in [6, 6.07) is 8.01. The predicted molar refractivity (Wildman–Crippen MR) is 74.6 cm³/mol. The number of anilines is 1. The average molecular weight is 243 g/mol. The van der Waals surface area contributed by atoms with E-state index < -0.39 is 0 Å². The van der Waals surface area contributed by atoms with Gasteiger partial charge in [-0.05, 0) is 30.7 Å². The van der Waals surface area contributed by atoms with Crippen LogP contribution in [0.2, 0.25) is 0 Å². The number of nitrogens with zero attached hydrogens (tertiary/aromatic N) is 3. The zero-order chi connectivity index (χ0) is 13.3. The molecule has 0 fully saturated rings. The second-order valence-electron chi connectivity index (χ2n) is 4.54. The molecule has 1 aromatic carbocycles. The largest absolute Gasteiger partial charge is 0.378 e. The third-order valence-corrected chi connectivity index (χ3v) is 3.00. The average Bonchev–Trinajstić information content (AvgIpc) is 2.58. The molecule has 1 amide bonds. The van der Waals surface area contributed by atoms with Gasteiger partial charge >= 0.3 is 0 Å². The first-order valence-corrected chi connectivity index (χ1v) is 5.81. The van der Waals surface area contributed by atoms with Crippen LogP contribution in [0.4, 0.5) is 5.69 Å². The first kappa shape index (κ1) is 12.4. The topological polar surface area (TPSA) is 35.9 Å². The Hall–Kier alpha value is -2.10. The minimum Gasteiger partial charge on any atom is -0.378 e. The van der Waals surface area contributed by atoms with E-state index >= 15 is 0 Å². The Morgan fingerprint density at radius 1 is 1.22 bits per heavy atom. The molecule has 1 aliphatic rings. The maximum atomic E-state index is 11.8. The van der Waals surface area contributed by atoms with Gasteiger partial charge in [0.25, 0.3) is 5.91 Å². The third kappa shape index (κ3) is 2.27. The van der Waals surface area contributed by atoms with Gasteiger partial charge < -0.3 is 4.90 Å².